The fourth-order valence-corrected chi connectivity index (χ4v) is 2.48. The summed E-state index contributed by atoms with van der Waals surface area (Å²) >= 11 is 0. The van der Waals surface area contributed by atoms with Crippen LogP contribution in [0.1, 0.15) is 29.5 Å². The summed E-state index contributed by atoms with van der Waals surface area (Å²) in [5.41, 5.74) is 6.47. The number of morpholine rings is 1. The van der Waals surface area contributed by atoms with Gasteiger partial charge in [0.1, 0.15) is 12.4 Å². The van der Waals surface area contributed by atoms with Crippen molar-refractivity contribution in [1.82, 2.24) is 15.0 Å². The maximum absolute atomic E-state index is 11.6. The number of ketones is 1. The van der Waals surface area contributed by atoms with Crippen molar-refractivity contribution in [3.05, 3.63) is 35.7 Å². The maximum Gasteiger partial charge on any atom is 0.230 e. The van der Waals surface area contributed by atoms with E-state index in [2.05, 4.69) is 15.0 Å². The molecule has 2 N–H and O–H groups in total. The highest BCUT2D eigenvalue weighted by Gasteiger charge is 2.16. The summed E-state index contributed by atoms with van der Waals surface area (Å²) in [5.74, 6) is 1.91. The number of nitrogens with two attached hydrogens (primary N) is 1. The van der Waals surface area contributed by atoms with Crippen LogP contribution in [-0.2, 0) is 11.3 Å². The molecule has 1 fully saturated rings. The molecule has 1 saturated heterocycles. The van der Waals surface area contributed by atoms with Crippen LogP contribution in [0.5, 0.6) is 5.75 Å². The lowest BCUT2D eigenvalue weighted by atomic mass is 10.1. The van der Waals surface area contributed by atoms with Gasteiger partial charge >= 0.3 is 0 Å². The minimum atomic E-state index is 0.104. The molecule has 8 heteroatoms. The second kappa shape index (κ2) is 7.89. The van der Waals surface area contributed by atoms with Crippen LogP contribution in [0, 0.1) is 0 Å². The Morgan fingerprint density at radius 2 is 1.92 bits per heavy atom. The van der Waals surface area contributed by atoms with Crippen molar-refractivity contribution < 1.29 is 14.3 Å². The van der Waals surface area contributed by atoms with Crippen molar-refractivity contribution in [3.8, 4) is 5.75 Å². The minimum Gasteiger partial charge on any atom is -0.486 e. The molecule has 132 valence electrons. The standard InChI is InChI=1S/C17H21N5O3/c1-2-14(23)12-3-5-13(6-4-12)25-11-15-19-16(18)21-17(20-15)22-7-9-24-10-8-22/h3-6H,2,7-11H2,1H3,(H2,18,19,20,21). The monoisotopic (exact) mass is 343 g/mol. The molecule has 2 heterocycles. The first-order chi connectivity index (χ1) is 12.2. The molecule has 8 nitrogen and oxygen atoms in total. The van der Waals surface area contributed by atoms with Gasteiger partial charge in [0.15, 0.2) is 11.6 Å². The Hall–Kier alpha value is -2.74. The van der Waals surface area contributed by atoms with Crippen LogP contribution < -0.4 is 15.4 Å². The van der Waals surface area contributed by atoms with Gasteiger partial charge in [0.25, 0.3) is 0 Å². The van der Waals surface area contributed by atoms with Gasteiger partial charge in [0, 0.05) is 25.1 Å². The molecule has 0 amide bonds. The smallest absolute Gasteiger partial charge is 0.230 e. The van der Waals surface area contributed by atoms with E-state index in [0.29, 0.717) is 42.7 Å². The third-order valence-electron chi connectivity index (χ3n) is 3.85. The number of hydrogen-bond donors (Lipinski definition) is 1. The van der Waals surface area contributed by atoms with Crippen molar-refractivity contribution in [2.75, 3.05) is 36.9 Å². The van der Waals surface area contributed by atoms with E-state index < -0.39 is 0 Å². The molecule has 2 aromatic rings. The van der Waals surface area contributed by atoms with Gasteiger partial charge in [-0.3, -0.25) is 4.79 Å². The van der Waals surface area contributed by atoms with Crippen LogP contribution in [0.2, 0.25) is 0 Å². The number of ether oxygens (including phenoxy) is 2. The predicted octanol–water partition coefficient (Wildman–Crippen LogP) is 1.46. The van der Waals surface area contributed by atoms with E-state index in [1.807, 2.05) is 11.8 Å². The first-order valence-electron chi connectivity index (χ1n) is 8.25. The van der Waals surface area contributed by atoms with Crippen LogP contribution in [0.3, 0.4) is 0 Å². The number of rotatable bonds is 6. The first-order valence-corrected chi connectivity index (χ1v) is 8.25. The van der Waals surface area contributed by atoms with Gasteiger partial charge < -0.3 is 20.1 Å². The molecule has 25 heavy (non-hydrogen) atoms. The van der Waals surface area contributed by atoms with E-state index in [0.717, 1.165) is 13.1 Å². The molecular weight excluding hydrogens is 322 g/mol. The Kier molecular flexibility index (Phi) is 5.39. The Balaban J connectivity index is 1.66. The number of hydrogen-bond acceptors (Lipinski definition) is 8. The van der Waals surface area contributed by atoms with Crippen LogP contribution in [-0.4, -0.2) is 47.0 Å². The normalized spacial score (nSPS) is 14.4. The van der Waals surface area contributed by atoms with E-state index >= 15 is 0 Å². The Labute approximate surface area is 146 Å². The predicted molar refractivity (Wildman–Crippen MR) is 92.7 cm³/mol. The Morgan fingerprint density at radius 1 is 1.20 bits per heavy atom. The highest BCUT2D eigenvalue weighted by Crippen LogP contribution is 2.16. The summed E-state index contributed by atoms with van der Waals surface area (Å²) in [6, 6.07) is 7.02. The molecule has 0 spiro atoms. The lowest BCUT2D eigenvalue weighted by molar-refractivity contribution is 0.0988. The highest BCUT2D eigenvalue weighted by atomic mass is 16.5. The SMILES string of the molecule is CCC(=O)c1ccc(OCc2nc(N)nc(N3CCOCC3)n2)cc1. The second-order valence-corrected chi connectivity index (χ2v) is 5.60. The molecule has 0 bridgehead atoms. The van der Waals surface area contributed by atoms with Crippen molar-refractivity contribution in [1.29, 1.82) is 0 Å². The topological polar surface area (TPSA) is 103 Å². The summed E-state index contributed by atoms with van der Waals surface area (Å²) in [6.45, 7) is 4.73. The molecule has 1 aliphatic heterocycles. The molecule has 1 aromatic heterocycles. The molecule has 0 saturated carbocycles. The zero-order chi connectivity index (χ0) is 17.6. The fourth-order valence-electron chi connectivity index (χ4n) is 2.48. The zero-order valence-electron chi connectivity index (χ0n) is 14.1. The van der Waals surface area contributed by atoms with Gasteiger partial charge in [-0.1, -0.05) is 6.92 Å². The van der Waals surface area contributed by atoms with Gasteiger partial charge in [-0.2, -0.15) is 15.0 Å². The van der Waals surface area contributed by atoms with Crippen LogP contribution in [0.15, 0.2) is 24.3 Å². The molecule has 0 aliphatic carbocycles. The minimum absolute atomic E-state index is 0.104. The fraction of sp³-hybridized carbons (Fsp3) is 0.412. The Morgan fingerprint density at radius 3 is 2.60 bits per heavy atom. The van der Waals surface area contributed by atoms with Gasteiger partial charge in [-0.05, 0) is 24.3 Å². The summed E-state index contributed by atoms with van der Waals surface area (Å²) in [5, 5.41) is 0. The van der Waals surface area contributed by atoms with Gasteiger partial charge in [-0.25, -0.2) is 0 Å². The maximum atomic E-state index is 11.6. The number of nitrogen functional groups attached to an aromatic ring is 1. The molecule has 0 radical (unpaired) electrons. The molecule has 1 aliphatic rings. The molecule has 0 atom stereocenters. The van der Waals surface area contributed by atoms with Crippen LogP contribution >= 0.6 is 0 Å². The lowest BCUT2D eigenvalue weighted by Gasteiger charge is -2.26. The summed E-state index contributed by atoms with van der Waals surface area (Å²) in [7, 11) is 0. The van der Waals surface area contributed by atoms with E-state index in [1.54, 1.807) is 24.3 Å². The van der Waals surface area contributed by atoms with Crippen LogP contribution in [0.25, 0.3) is 0 Å². The summed E-state index contributed by atoms with van der Waals surface area (Å²) < 4.78 is 11.0. The molecular formula is C17H21N5O3. The lowest BCUT2D eigenvalue weighted by Crippen LogP contribution is -2.37. The van der Waals surface area contributed by atoms with Gasteiger partial charge in [-0.15, -0.1) is 0 Å². The largest absolute Gasteiger partial charge is 0.486 e. The number of carbonyl (C=O) groups is 1. The van der Waals surface area contributed by atoms with Gasteiger partial charge in [0.05, 0.1) is 13.2 Å². The first kappa shape index (κ1) is 17.1. The third-order valence-corrected chi connectivity index (χ3v) is 3.85. The van der Waals surface area contributed by atoms with Crippen molar-refractivity contribution in [2.45, 2.75) is 20.0 Å². The summed E-state index contributed by atoms with van der Waals surface area (Å²) in [6.07, 6.45) is 0.481. The number of Topliss-reactive ketones (excluding diaryl/α,β-unsaturated/α-hetero) is 1. The number of benzene rings is 1. The molecule has 1 aromatic carbocycles. The van der Waals surface area contributed by atoms with E-state index in [-0.39, 0.29) is 18.3 Å². The quantitative estimate of drug-likeness (QED) is 0.786. The zero-order valence-corrected chi connectivity index (χ0v) is 14.1. The van der Waals surface area contributed by atoms with Gasteiger partial charge in [0.2, 0.25) is 11.9 Å². The number of anilines is 2. The van der Waals surface area contributed by atoms with E-state index in [1.165, 1.54) is 0 Å². The molecule has 0 unspecified atom stereocenters. The van der Waals surface area contributed by atoms with Crippen molar-refractivity contribution >= 4 is 17.7 Å². The second-order valence-electron chi connectivity index (χ2n) is 5.60. The van der Waals surface area contributed by atoms with E-state index in [4.69, 9.17) is 15.2 Å². The molecule has 3 rings (SSSR count). The number of aromatic nitrogens is 3. The number of carbonyl (C=O) groups excluding carboxylic acids is 1. The van der Waals surface area contributed by atoms with Crippen molar-refractivity contribution in [2.24, 2.45) is 0 Å². The van der Waals surface area contributed by atoms with Crippen LogP contribution in [0.4, 0.5) is 11.9 Å². The third kappa shape index (κ3) is 4.42. The van der Waals surface area contributed by atoms with Crippen molar-refractivity contribution in [3.63, 3.8) is 0 Å². The number of nitrogens with zero attached hydrogens (tertiary/aromatic N) is 4. The average molecular weight is 343 g/mol. The highest BCUT2D eigenvalue weighted by molar-refractivity contribution is 5.95. The summed E-state index contributed by atoms with van der Waals surface area (Å²) in [4.78, 5) is 26.4. The average Bonchev–Trinajstić information content (AvgIpc) is 2.66. The van der Waals surface area contributed by atoms with E-state index in [9.17, 15) is 4.79 Å². The Bertz CT molecular complexity index is 730.